The van der Waals surface area contributed by atoms with E-state index in [2.05, 4.69) is 5.32 Å². The summed E-state index contributed by atoms with van der Waals surface area (Å²) in [5.74, 6) is 1.99. The van der Waals surface area contributed by atoms with E-state index in [1.807, 2.05) is 49.4 Å². The largest absolute Gasteiger partial charge is 0.486 e. The lowest BCUT2D eigenvalue weighted by atomic mass is 10.1. The Morgan fingerprint density at radius 1 is 1.09 bits per heavy atom. The molecule has 2 aliphatic rings. The summed E-state index contributed by atoms with van der Waals surface area (Å²) in [7, 11) is 0. The molecule has 4 nitrogen and oxygen atoms in total. The highest BCUT2D eigenvalue weighted by Gasteiger charge is 2.44. The lowest BCUT2D eigenvalue weighted by Gasteiger charge is -2.18. The molecule has 0 saturated heterocycles. The van der Waals surface area contributed by atoms with Crippen LogP contribution in [0.15, 0.2) is 42.5 Å². The molecule has 0 spiro atoms. The van der Waals surface area contributed by atoms with Crippen LogP contribution in [0.4, 0.5) is 5.69 Å². The molecule has 0 aromatic heterocycles. The SMILES string of the molecule is Cc1cccc(NC(=O)[C@@H]2C[C@@H]2c2ccc3c(c2)OCCO3)c1. The van der Waals surface area contributed by atoms with Gasteiger partial charge in [-0.05, 0) is 54.7 Å². The number of ether oxygens (including phenoxy) is 2. The molecule has 1 saturated carbocycles. The number of aryl methyl sites for hydroxylation is 1. The van der Waals surface area contributed by atoms with Crippen LogP contribution >= 0.6 is 0 Å². The van der Waals surface area contributed by atoms with Gasteiger partial charge in [-0.25, -0.2) is 0 Å². The monoisotopic (exact) mass is 309 g/mol. The summed E-state index contributed by atoms with van der Waals surface area (Å²) in [5.41, 5.74) is 3.16. The van der Waals surface area contributed by atoms with Crippen LogP contribution in [0.25, 0.3) is 0 Å². The molecule has 1 amide bonds. The van der Waals surface area contributed by atoms with Crippen LogP contribution in [0.5, 0.6) is 11.5 Å². The Hall–Kier alpha value is -2.49. The van der Waals surface area contributed by atoms with E-state index < -0.39 is 0 Å². The predicted octanol–water partition coefficient (Wildman–Crippen LogP) is 3.51. The van der Waals surface area contributed by atoms with E-state index in [4.69, 9.17) is 9.47 Å². The molecule has 1 N–H and O–H groups in total. The molecular formula is C19H19NO3. The highest BCUT2D eigenvalue weighted by atomic mass is 16.6. The van der Waals surface area contributed by atoms with E-state index in [0.717, 1.165) is 34.7 Å². The van der Waals surface area contributed by atoms with Gasteiger partial charge in [0.25, 0.3) is 0 Å². The molecule has 2 atom stereocenters. The number of anilines is 1. The number of nitrogens with one attached hydrogen (secondary N) is 1. The van der Waals surface area contributed by atoms with Crippen LogP contribution in [0.1, 0.15) is 23.5 Å². The first kappa shape index (κ1) is 14.1. The van der Waals surface area contributed by atoms with Crippen molar-refractivity contribution in [2.45, 2.75) is 19.3 Å². The number of hydrogen-bond acceptors (Lipinski definition) is 3. The summed E-state index contributed by atoms with van der Waals surface area (Å²) in [6.45, 7) is 3.19. The Kier molecular flexibility index (Phi) is 3.45. The summed E-state index contributed by atoms with van der Waals surface area (Å²) < 4.78 is 11.2. The van der Waals surface area contributed by atoms with Gasteiger partial charge in [0.05, 0.1) is 0 Å². The quantitative estimate of drug-likeness (QED) is 0.944. The molecule has 1 aliphatic heterocycles. The number of carbonyl (C=O) groups is 1. The zero-order chi connectivity index (χ0) is 15.8. The highest BCUT2D eigenvalue weighted by molar-refractivity contribution is 5.95. The Labute approximate surface area is 135 Å². The maximum atomic E-state index is 12.4. The summed E-state index contributed by atoms with van der Waals surface area (Å²) in [5, 5.41) is 3.01. The second-order valence-corrected chi connectivity index (χ2v) is 6.21. The molecule has 4 heteroatoms. The molecule has 2 aromatic rings. The van der Waals surface area contributed by atoms with Crippen LogP contribution in [0.3, 0.4) is 0 Å². The molecule has 23 heavy (non-hydrogen) atoms. The summed E-state index contributed by atoms with van der Waals surface area (Å²) in [6, 6.07) is 13.9. The minimum atomic E-state index is 0.0399. The van der Waals surface area contributed by atoms with E-state index in [0.29, 0.717) is 13.2 Å². The van der Waals surface area contributed by atoms with Crippen LogP contribution in [-0.4, -0.2) is 19.1 Å². The molecule has 1 aliphatic carbocycles. The molecule has 1 heterocycles. The topological polar surface area (TPSA) is 47.6 Å². The van der Waals surface area contributed by atoms with E-state index in [9.17, 15) is 4.79 Å². The maximum Gasteiger partial charge on any atom is 0.228 e. The molecule has 0 unspecified atom stereocenters. The fraction of sp³-hybridized carbons (Fsp3) is 0.316. The zero-order valence-electron chi connectivity index (χ0n) is 13.0. The number of carbonyl (C=O) groups excluding carboxylic acids is 1. The number of rotatable bonds is 3. The number of fused-ring (bicyclic) bond motifs is 1. The lowest BCUT2D eigenvalue weighted by molar-refractivity contribution is -0.117. The van der Waals surface area contributed by atoms with Gasteiger partial charge in [-0.3, -0.25) is 4.79 Å². The molecule has 2 aromatic carbocycles. The van der Waals surface area contributed by atoms with Crippen molar-refractivity contribution in [2.75, 3.05) is 18.5 Å². The smallest absolute Gasteiger partial charge is 0.228 e. The first-order valence-electron chi connectivity index (χ1n) is 7.98. The van der Waals surface area contributed by atoms with Gasteiger partial charge in [0.1, 0.15) is 13.2 Å². The van der Waals surface area contributed by atoms with Gasteiger partial charge in [0, 0.05) is 11.6 Å². The van der Waals surface area contributed by atoms with Gasteiger partial charge in [0.2, 0.25) is 5.91 Å². The van der Waals surface area contributed by atoms with Crippen molar-refractivity contribution >= 4 is 11.6 Å². The Bertz CT molecular complexity index is 756. The Morgan fingerprint density at radius 2 is 1.91 bits per heavy atom. The van der Waals surface area contributed by atoms with Crippen LogP contribution < -0.4 is 14.8 Å². The van der Waals surface area contributed by atoms with Crippen molar-refractivity contribution < 1.29 is 14.3 Å². The Balaban J connectivity index is 1.44. The average Bonchev–Trinajstić information content (AvgIpc) is 3.35. The van der Waals surface area contributed by atoms with Crippen molar-refractivity contribution in [1.82, 2.24) is 0 Å². The van der Waals surface area contributed by atoms with Gasteiger partial charge in [0.15, 0.2) is 11.5 Å². The van der Waals surface area contributed by atoms with E-state index >= 15 is 0 Å². The summed E-state index contributed by atoms with van der Waals surface area (Å²) in [4.78, 5) is 12.4. The van der Waals surface area contributed by atoms with Crippen molar-refractivity contribution in [2.24, 2.45) is 5.92 Å². The molecular weight excluding hydrogens is 290 g/mol. The van der Waals surface area contributed by atoms with E-state index in [-0.39, 0.29) is 17.7 Å². The summed E-state index contributed by atoms with van der Waals surface area (Å²) >= 11 is 0. The number of hydrogen-bond donors (Lipinski definition) is 1. The molecule has 4 rings (SSSR count). The number of benzene rings is 2. The third kappa shape index (κ3) is 2.89. The average molecular weight is 309 g/mol. The van der Waals surface area contributed by atoms with Gasteiger partial charge < -0.3 is 14.8 Å². The fourth-order valence-electron chi connectivity index (χ4n) is 3.10. The second-order valence-electron chi connectivity index (χ2n) is 6.21. The van der Waals surface area contributed by atoms with Gasteiger partial charge in [-0.1, -0.05) is 18.2 Å². The molecule has 0 bridgehead atoms. The molecule has 0 radical (unpaired) electrons. The minimum Gasteiger partial charge on any atom is -0.486 e. The molecule has 118 valence electrons. The Morgan fingerprint density at radius 3 is 2.74 bits per heavy atom. The maximum absolute atomic E-state index is 12.4. The number of amides is 1. The first-order chi connectivity index (χ1) is 11.2. The van der Waals surface area contributed by atoms with Crippen molar-refractivity contribution in [3.05, 3.63) is 53.6 Å². The standard InChI is InChI=1S/C19H19NO3/c1-12-3-2-4-14(9-12)20-19(21)16-11-15(16)13-5-6-17-18(10-13)23-8-7-22-17/h2-6,9-10,15-16H,7-8,11H2,1H3,(H,20,21)/t15-,16-/m1/s1. The van der Waals surface area contributed by atoms with Crippen LogP contribution in [-0.2, 0) is 4.79 Å². The van der Waals surface area contributed by atoms with Crippen LogP contribution in [0, 0.1) is 12.8 Å². The van der Waals surface area contributed by atoms with Crippen molar-refractivity contribution in [3.63, 3.8) is 0 Å². The van der Waals surface area contributed by atoms with Crippen LogP contribution in [0.2, 0.25) is 0 Å². The predicted molar refractivity (Wildman–Crippen MR) is 88.1 cm³/mol. The lowest BCUT2D eigenvalue weighted by Crippen LogP contribution is -2.16. The third-order valence-corrected chi connectivity index (χ3v) is 4.41. The van der Waals surface area contributed by atoms with Gasteiger partial charge in [-0.2, -0.15) is 0 Å². The zero-order valence-corrected chi connectivity index (χ0v) is 13.0. The molecule has 1 fully saturated rings. The van der Waals surface area contributed by atoms with Crippen molar-refractivity contribution in [1.29, 1.82) is 0 Å². The van der Waals surface area contributed by atoms with Gasteiger partial charge >= 0.3 is 0 Å². The third-order valence-electron chi connectivity index (χ3n) is 4.41. The highest BCUT2D eigenvalue weighted by Crippen LogP contribution is 2.49. The van der Waals surface area contributed by atoms with Crippen molar-refractivity contribution in [3.8, 4) is 11.5 Å². The summed E-state index contributed by atoms with van der Waals surface area (Å²) in [6.07, 6.45) is 0.886. The minimum absolute atomic E-state index is 0.0399. The van der Waals surface area contributed by atoms with Gasteiger partial charge in [-0.15, -0.1) is 0 Å². The first-order valence-corrected chi connectivity index (χ1v) is 7.98. The normalized spacial score (nSPS) is 21.6. The fourth-order valence-corrected chi connectivity index (χ4v) is 3.10. The van der Waals surface area contributed by atoms with E-state index in [1.54, 1.807) is 0 Å². The van der Waals surface area contributed by atoms with E-state index in [1.165, 1.54) is 0 Å². The second kappa shape index (κ2) is 5.61.